The quantitative estimate of drug-likeness (QED) is 0.493. The Morgan fingerprint density at radius 2 is 1.36 bits per heavy atom. The average Bonchev–Trinajstić information content (AvgIpc) is 2.75. The van der Waals surface area contributed by atoms with Crippen LogP contribution in [0.5, 0.6) is 0 Å². The van der Waals surface area contributed by atoms with E-state index in [1.165, 1.54) is 11.1 Å². The molecule has 0 fully saturated rings. The van der Waals surface area contributed by atoms with Gasteiger partial charge >= 0.3 is 11.9 Å². The molecule has 0 unspecified atom stereocenters. The Bertz CT molecular complexity index is 861. The lowest BCUT2D eigenvalue weighted by molar-refractivity contribution is -0.135. The van der Waals surface area contributed by atoms with E-state index in [9.17, 15) is 9.59 Å². The summed E-state index contributed by atoms with van der Waals surface area (Å²) in [4.78, 5) is 23.6. The van der Waals surface area contributed by atoms with Gasteiger partial charge in [0.1, 0.15) is 11.5 Å². The lowest BCUT2D eigenvalue weighted by atomic mass is 9.90. The van der Waals surface area contributed by atoms with E-state index in [0.717, 1.165) is 24.7 Å². The minimum Gasteiger partial charge on any atom is -0.501 e. The smallest absolute Gasteiger partial charge is 0.339 e. The highest BCUT2D eigenvalue weighted by Crippen LogP contribution is 2.31. The third-order valence-electron chi connectivity index (χ3n) is 4.89. The van der Waals surface area contributed by atoms with Crippen LogP contribution < -0.4 is 0 Å². The minimum absolute atomic E-state index is 0.289. The Kier molecular flexibility index (Phi) is 6.48. The van der Waals surface area contributed by atoms with Crippen molar-refractivity contribution in [3.63, 3.8) is 0 Å². The molecule has 3 aliphatic carbocycles. The zero-order valence-corrected chi connectivity index (χ0v) is 16.0. The second-order valence-corrected chi connectivity index (χ2v) is 6.69. The number of rotatable bonds is 6. The first kappa shape index (κ1) is 19.7. The van der Waals surface area contributed by atoms with Gasteiger partial charge in [-0.3, -0.25) is 0 Å². The van der Waals surface area contributed by atoms with Crippen LogP contribution >= 0.6 is 0 Å². The van der Waals surface area contributed by atoms with Gasteiger partial charge in [0.2, 0.25) is 0 Å². The molecule has 146 valence electrons. The van der Waals surface area contributed by atoms with E-state index >= 15 is 0 Å². The molecular formula is C23H24O5. The van der Waals surface area contributed by atoms with Crippen LogP contribution in [0.2, 0.25) is 0 Å². The number of ether oxygens (including phenoxy) is 3. The maximum Gasteiger partial charge on any atom is 0.339 e. The van der Waals surface area contributed by atoms with Crippen LogP contribution in [0.25, 0.3) is 0 Å². The average molecular weight is 380 g/mol. The SMILES string of the molecule is C=CC(=O)OC1=CC=C(C2=CC=C(OC(=O)C3=CC=C(OC)CC3)CC2)CC1. The highest BCUT2D eigenvalue weighted by molar-refractivity contribution is 5.89. The number of allylic oxidation sites excluding steroid dienone is 11. The monoisotopic (exact) mass is 380 g/mol. The van der Waals surface area contributed by atoms with Crippen molar-refractivity contribution in [2.24, 2.45) is 0 Å². The fraction of sp³-hybridized carbons (Fsp3) is 0.304. The molecular weight excluding hydrogens is 356 g/mol. The second-order valence-electron chi connectivity index (χ2n) is 6.69. The number of hydrogen-bond donors (Lipinski definition) is 0. The minimum atomic E-state index is -0.434. The maximum absolute atomic E-state index is 12.3. The second kappa shape index (κ2) is 9.22. The first-order chi connectivity index (χ1) is 13.6. The van der Waals surface area contributed by atoms with Crippen LogP contribution in [0.15, 0.2) is 83.1 Å². The van der Waals surface area contributed by atoms with Gasteiger partial charge in [-0.25, -0.2) is 9.59 Å². The van der Waals surface area contributed by atoms with Crippen molar-refractivity contribution < 1.29 is 23.8 Å². The van der Waals surface area contributed by atoms with Crippen LogP contribution in [0.4, 0.5) is 0 Å². The van der Waals surface area contributed by atoms with E-state index in [-0.39, 0.29) is 5.97 Å². The topological polar surface area (TPSA) is 61.8 Å². The molecule has 0 aromatic rings. The summed E-state index contributed by atoms with van der Waals surface area (Å²) in [6.45, 7) is 3.40. The van der Waals surface area contributed by atoms with Crippen LogP contribution in [-0.2, 0) is 23.8 Å². The molecule has 28 heavy (non-hydrogen) atoms. The molecule has 0 radical (unpaired) electrons. The van der Waals surface area contributed by atoms with E-state index in [1.54, 1.807) is 13.2 Å². The lowest BCUT2D eigenvalue weighted by Gasteiger charge is -2.20. The Hall–Kier alpha value is -3.08. The summed E-state index contributed by atoms with van der Waals surface area (Å²) in [6, 6.07) is 0. The van der Waals surface area contributed by atoms with Gasteiger partial charge in [0.15, 0.2) is 0 Å². The number of carbonyl (C=O) groups is 2. The molecule has 0 bridgehead atoms. The van der Waals surface area contributed by atoms with Crippen molar-refractivity contribution in [1.29, 1.82) is 0 Å². The molecule has 3 rings (SSSR count). The van der Waals surface area contributed by atoms with Gasteiger partial charge in [-0.15, -0.1) is 0 Å². The fourth-order valence-corrected chi connectivity index (χ4v) is 3.26. The zero-order valence-electron chi connectivity index (χ0n) is 16.0. The Balaban J connectivity index is 1.59. The summed E-state index contributed by atoms with van der Waals surface area (Å²) in [5.74, 6) is 1.49. The van der Waals surface area contributed by atoms with E-state index in [2.05, 4.69) is 6.58 Å². The van der Waals surface area contributed by atoms with Crippen LogP contribution in [0.1, 0.15) is 38.5 Å². The van der Waals surface area contributed by atoms with E-state index in [0.29, 0.717) is 42.8 Å². The van der Waals surface area contributed by atoms with Gasteiger partial charge in [-0.05, 0) is 54.7 Å². The number of methoxy groups -OCH3 is 1. The molecule has 0 aromatic carbocycles. The highest BCUT2D eigenvalue weighted by Gasteiger charge is 2.19. The van der Waals surface area contributed by atoms with Gasteiger partial charge in [0.25, 0.3) is 0 Å². The van der Waals surface area contributed by atoms with Crippen molar-refractivity contribution in [3.8, 4) is 0 Å². The molecule has 0 saturated carbocycles. The Labute approximate surface area is 165 Å². The van der Waals surface area contributed by atoms with Gasteiger partial charge in [0.05, 0.1) is 12.9 Å². The third kappa shape index (κ3) is 5.00. The molecule has 5 heteroatoms. The molecule has 0 heterocycles. The standard InChI is InChI=1S/C23H24O5/c1-3-22(24)27-20-12-4-16(5-13-20)17-6-14-21(15-7-17)28-23(25)18-8-10-19(26-2)11-9-18/h3-4,6,8,10,12,14H,1,5,7,9,11,13,15H2,2H3. The van der Waals surface area contributed by atoms with Crippen LogP contribution in [0, 0.1) is 0 Å². The van der Waals surface area contributed by atoms with Crippen molar-refractivity contribution in [2.75, 3.05) is 7.11 Å². The van der Waals surface area contributed by atoms with Gasteiger partial charge in [0, 0.05) is 30.9 Å². The molecule has 0 N–H and O–H groups in total. The predicted molar refractivity (Wildman–Crippen MR) is 106 cm³/mol. The zero-order chi connectivity index (χ0) is 19.9. The molecule has 3 aliphatic rings. The summed E-state index contributed by atoms with van der Waals surface area (Å²) in [6.07, 6.45) is 16.8. The molecule has 5 nitrogen and oxygen atoms in total. The largest absolute Gasteiger partial charge is 0.501 e. The van der Waals surface area contributed by atoms with E-state index in [4.69, 9.17) is 14.2 Å². The first-order valence-corrected chi connectivity index (χ1v) is 9.39. The normalized spacial score (nSPS) is 19.0. The summed E-state index contributed by atoms with van der Waals surface area (Å²) in [7, 11) is 1.63. The van der Waals surface area contributed by atoms with Crippen molar-refractivity contribution in [1.82, 2.24) is 0 Å². The van der Waals surface area contributed by atoms with Gasteiger partial charge < -0.3 is 14.2 Å². The molecule has 0 atom stereocenters. The molecule has 0 amide bonds. The molecule has 0 aromatic heterocycles. The highest BCUT2D eigenvalue weighted by atomic mass is 16.5. The predicted octanol–water partition coefficient (Wildman–Crippen LogP) is 4.72. The number of esters is 2. The summed E-state index contributed by atoms with van der Waals surface area (Å²) < 4.78 is 15.9. The van der Waals surface area contributed by atoms with Gasteiger partial charge in [-0.1, -0.05) is 18.7 Å². The fourth-order valence-electron chi connectivity index (χ4n) is 3.26. The third-order valence-corrected chi connectivity index (χ3v) is 4.89. The maximum atomic E-state index is 12.3. The summed E-state index contributed by atoms with van der Waals surface area (Å²) >= 11 is 0. The Morgan fingerprint density at radius 1 is 0.786 bits per heavy atom. The van der Waals surface area contributed by atoms with Crippen LogP contribution in [0.3, 0.4) is 0 Å². The van der Waals surface area contributed by atoms with Crippen molar-refractivity contribution in [3.05, 3.63) is 83.1 Å². The number of carbonyl (C=O) groups excluding carboxylic acids is 2. The van der Waals surface area contributed by atoms with E-state index < -0.39 is 5.97 Å². The summed E-state index contributed by atoms with van der Waals surface area (Å²) in [5, 5.41) is 0. The van der Waals surface area contributed by atoms with Gasteiger partial charge in [-0.2, -0.15) is 0 Å². The van der Waals surface area contributed by atoms with E-state index in [1.807, 2.05) is 30.4 Å². The number of hydrogen-bond acceptors (Lipinski definition) is 5. The molecule has 0 aliphatic heterocycles. The molecule has 0 spiro atoms. The van der Waals surface area contributed by atoms with Crippen molar-refractivity contribution in [2.45, 2.75) is 38.5 Å². The first-order valence-electron chi connectivity index (χ1n) is 9.39. The Morgan fingerprint density at radius 3 is 1.82 bits per heavy atom. The molecule has 0 saturated heterocycles. The van der Waals surface area contributed by atoms with Crippen LogP contribution in [-0.4, -0.2) is 19.0 Å². The van der Waals surface area contributed by atoms with Crippen molar-refractivity contribution >= 4 is 11.9 Å². The summed E-state index contributed by atoms with van der Waals surface area (Å²) in [5.41, 5.74) is 3.10. The lowest BCUT2D eigenvalue weighted by Crippen LogP contribution is -2.12.